The number of nitrogens with one attached hydrogen (secondary N) is 1. The van der Waals surface area contributed by atoms with Crippen LogP contribution in [0.4, 0.5) is 5.82 Å². The van der Waals surface area contributed by atoms with Gasteiger partial charge in [0.15, 0.2) is 5.82 Å². The molecule has 0 unspecified atom stereocenters. The number of anilines is 1. The highest BCUT2D eigenvalue weighted by Gasteiger charge is 2.15. The molecule has 3 aromatic heterocycles. The van der Waals surface area contributed by atoms with E-state index in [1.165, 1.54) is 10.4 Å². The Hall–Kier alpha value is -1.50. The summed E-state index contributed by atoms with van der Waals surface area (Å²) in [5, 5.41) is 8.51. The molecule has 0 aliphatic rings. The molecule has 0 amide bonds. The monoisotopic (exact) mass is 305 g/mol. The maximum atomic E-state index is 5.40. The van der Waals surface area contributed by atoms with Crippen LogP contribution in [0.3, 0.4) is 0 Å². The third kappa shape index (κ3) is 2.42. The van der Waals surface area contributed by atoms with Crippen LogP contribution in [0.1, 0.15) is 12.7 Å². The van der Waals surface area contributed by atoms with Gasteiger partial charge in [-0.1, -0.05) is 6.07 Å². The summed E-state index contributed by atoms with van der Waals surface area (Å²) in [6.45, 7) is 3.09. The SMILES string of the molecule is CCOCc1nc(NC)c2c(-c3cccs3)csc2n1. The molecule has 0 spiro atoms. The first kappa shape index (κ1) is 13.5. The van der Waals surface area contributed by atoms with Gasteiger partial charge in [0.25, 0.3) is 0 Å². The van der Waals surface area contributed by atoms with E-state index in [0.717, 1.165) is 21.9 Å². The van der Waals surface area contributed by atoms with Crippen LogP contribution < -0.4 is 5.32 Å². The quantitative estimate of drug-likeness (QED) is 0.774. The highest BCUT2D eigenvalue weighted by Crippen LogP contribution is 2.38. The topological polar surface area (TPSA) is 47.0 Å². The van der Waals surface area contributed by atoms with Gasteiger partial charge in [-0.05, 0) is 18.4 Å². The van der Waals surface area contributed by atoms with Crippen molar-refractivity contribution in [3.05, 3.63) is 28.7 Å². The molecule has 20 heavy (non-hydrogen) atoms. The highest BCUT2D eigenvalue weighted by atomic mass is 32.1. The fourth-order valence-corrected chi connectivity index (χ4v) is 3.82. The lowest BCUT2D eigenvalue weighted by Gasteiger charge is -2.07. The average molecular weight is 305 g/mol. The second kappa shape index (κ2) is 5.87. The molecular formula is C14H15N3OS2. The molecule has 0 aliphatic carbocycles. The van der Waals surface area contributed by atoms with Gasteiger partial charge in [-0.25, -0.2) is 9.97 Å². The average Bonchev–Trinajstić information content (AvgIpc) is 3.12. The van der Waals surface area contributed by atoms with Crippen LogP contribution in [0.5, 0.6) is 0 Å². The Morgan fingerprint density at radius 3 is 2.90 bits per heavy atom. The standard InChI is InChI=1S/C14H15N3OS2/c1-3-18-7-11-16-13(15-2)12-9(8-20-14(12)17-11)10-5-4-6-19-10/h4-6,8H,3,7H2,1-2H3,(H,15,16,17). The number of rotatable bonds is 5. The van der Waals surface area contributed by atoms with Crippen molar-refractivity contribution in [2.75, 3.05) is 19.0 Å². The molecule has 6 heteroatoms. The van der Waals surface area contributed by atoms with Crippen molar-refractivity contribution in [1.82, 2.24) is 9.97 Å². The first-order chi connectivity index (χ1) is 9.83. The van der Waals surface area contributed by atoms with Crippen LogP contribution in [0.15, 0.2) is 22.9 Å². The van der Waals surface area contributed by atoms with E-state index >= 15 is 0 Å². The van der Waals surface area contributed by atoms with Gasteiger partial charge in [-0.3, -0.25) is 0 Å². The zero-order valence-corrected chi connectivity index (χ0v) is 13.0. The van der Waals surface area contributed by atoms with Gasteiger partial charge in [-0.2, -0.15) is 0 Å². The Morgan fingerprint density at radius 2 is 2.20 bits per heavy atom. The number of hydrogen-bond acceptors (Lipinski definition) is 6. The largest absolute Gasteiger partial charge is 0.374 e. The van der Waals surface area contributed by atoms with E-state index in [0.29, 0.717) is 13.2 Å². The summed E-state index contributed by atoms with van der Waals surface area (Å²) < 4.78 is 5.40. The first-order valence-corrected chi connectivity index (χ1v) is 8.17. The Balaban J connectivity index is 2.12. The van der Waals surface area contributed by atoms with Crippen LogP contribution in [0.25, 0.3) is 20.7 Å². The van der Waals surface area contributed by atoms with E-state index < -0.39 is 0 Å². The molecule has 0 fully saturated rings. The van der Waals surface area contributed by atoms with Gasteiger partial charge in [0.05, 0.1) is 5.39 Å². The van der Waals surface area contributed by atoms with Crippen molar-refractivity contribution < 1.29 is 4.74 Å². The maximum absolute atomic E-state index is 5.40. The van der Waals surface area contributed by atoms with Gasteiger partial charge >= 0.3 is 0 Å². The molecule has 0 bridgehead atoms. The van der Waals surface area contributed by atoms with E-state index in [9.17, 15) is 0 Å². The smallest absolute Gasteiger partial charge is 0.158 e. The summed E-state index contributed by atoms with van der Waals surface area (Å²) in [4.78, 5) is 11.4. The summed E-state index contributed by atoms with van der Waals surface area (Å²) in [5.74, 6) is 1.60. The fourth-order valence-electron chi connectivity index (χ4n) is 2.04. The highest BCUT2D eigenvalue weighted by molar-refractivity contribution is 7.18. The van der Waals surface area contributed by atoms with Crippen molar-refractivity contribution in [2.24, 2.45) is 0 Å². The molecule has 1 N–H and O–H groups in total. The summed E-state index contributed by atoms with van der Waals surface area (Å²) in [7, 11) is 1.89. The minimum Gasteiger partial charge on any atom is -0.374 e. The molecule has 4 nitrogen and oxygen atoms in total. The third-order valence-electron chi connectivity index (χ3n) is 2.94. The molecule has 0 aromatic carbocycles. The summed E-state index contributed by atoms with van der Waals surface area (Å²) in [6, 6.07) is 4.19. The molecular weight excluding hydrogens is 290 g/mol. The van der Waals surface area contributed by atoms with Gasteiger partial charge in [0.1, 0.15) is 17.3 Å². The van der Waals surface area contributed by atoms with Crippen LogP contribution >= 0.6 is 22.7 Å². The van der Waals surface area contributed by atoms with Crippen molar-refractivity contribution in [2.45, 2.75) is 13.5 Å². The number of aromatic nitrogens is 2. The molecule has 3 aromatic rings. The zero-order valence-electron chi connectivity index (χ0n) is 11.3. The molecule has 0 radical (unpaired) electrons. The van der Waals surface area contributed by atoms with Crippen LogP contribution in [0.2, 0.25) is 0 Å². The summed E-state index contributed by atoms with van der Waals surface area (Å²) >= 11 is 3.38. The van der Waals surface area contributed by atoms with E-state index in [2.05, 4.69) is 38.2 Å². The van der Waals surface area contributed by atoms with E-state index in [-0.39, 0.29) is 0 Å². The van der Waals surface area contributed by atoms with Crippen molar-refractivity contribution >= 4 is 38.7 Å². The van der Waals surface area contributed by atoms with Gasteiger partial charge in [-0.15, -0.1) is 22.7 Å². The lowest BCUT2D eigenvalue weighted by molar-refractivity contribution is 0.128. The normalized spacial score (nSPS) is 11.1. The molecule has 3 rings (SSSR count). The maximum Gasteiger partial charge on any atom is 0.158 e. The van der Waals surface area contributed by atoms with Gasteiger partial charge < -0.3 is 10.1 Å². The van der Waals surface area contributed by atoms with Crippen molar-refractivity contribution in [3.8, 4) is 10.4 Å². The van der Waals surface area contributed by atoms with E-state index in [4.69, 9.17) is 4.74 Å². The molecule has 0 saturated carbocycles. The third-order valence-corrected chi connectivity index (χ3v) is 4.71. The second-order valence-corrected chi connectivity index (χ2v) is 5.99. The van der Waals surface area contributed by atoms with Crippen molar-refractivity contribution in [3.63, 3.8) is 0 Å². The van der Waals surface area contributed by atoms with Crippen molar-refractivity contribution in [1.29, 1.82) is 0 Å². The predicted octanol–water partition coefficient (Wildman–Crippen LogP) is 4.00. The summed E-state index contributed by atoms with van der Waals surface area (Å²) in [6.07, 6.45) is 0. The Labute approximate surface area is 125 Å². The van der Waals surface area contributed by atoms with E-state index in [1.807, 2.05) is 14.0 Å². The second-order valence-electron chi connectivity index (χ2n) is 4.18. The number of nitrogens with zero attached hydrogens (tertiary/aromatic N) is 2. The molecule has 0 aliphatic heterocycles. The Bertz CT molecular complexity index is 707. The lowest BCUT2D eigenvalue weighted by Crippen LogP contribution is -2.02. The first-order valence-electron chi connectivity index (χ1n) is 6.41. The molecule has 104 valence electrons. The number of fused-ring (bicyclic) bond motifs is 1. The minimum absolute atomic E-state index is 0.452. The zero-order chi connectivity index (χ0) is 13.9. The fraction of sp³-hybridized carbons (Fsp3) is 0.286. The molecule has 0 saturated heterocycles. The number of hydrogen-bond donors (Lipinski definition) is 1. The molecule has 0 atom stereocenters. The van der Waals surface area contributed by atoms with Gasteiger partial charge in [0, 0.05) is 29.5 Å². The Morgan fingerprint density at radius 1 is 1.30 bits per heavy atom. The predicted molar refractivity (Wildman–Crippen MR) is 85.6 cm³/mol. The number of thiophene rings is 2. The summed E-state index contributed by atoms with van der Waals surface area (Å²) in [5.41, 5.74) is 1.20. The lowest BCUT2D eigenvalue weighted by atomic mass is 10.2. The van der Waals surface area contributed by atoms with E-state index in [1.54, 1.807) is 22.7 Å². The van der Waals surface area contributed by atoms with Crippen LogP contribution in [-0.4, -0.2) is 23.6 Å². The molecule has 3 heterocycles. The van der Waals surface area contributed by atoms with Gasteiger partial charge in [0.2, 0.25) is 0 Å². The minimum atomic E-state index is 0.452. The number of ether oxygens (including phenoxy) is 1. The van der Waals surface area contributed by atoms with Crippen LogP contribution in [-0.2, 0) is 11.3 Å². The van der Waals surface area contributed by atoms with Crippen LogP contribution in [0, 0.1) is 0 Å². The Kier molecular flexibility index (Phi) is 3.95.